The van der Waals surface area contributed by atoms with Crippen LogP contribution in [0.4, 0.5) is 0 Å². The first kappa shape index (κ1) is 16.5. The molecule has 116 valence electrons. The topological polar surface area (TPSA) is 91.7 Å². The van der Waals surface area contributed by atoms with E-state index < -0.39 is 21.6 Å². The summed E-state index contributed by atoms with van der Waals surface area (Å²) in [6, 6.07) is 10.8. The quantitative estimate of drug-likeness (QED) is 0.826. The number of carbonyl (C=O) groups is 1. The molecule has 22 heavy (non-hydrogen) atoms. The zero-order valence-electron chi connectivity index (χ0n) is 11.4. The van der Waals surface area contributed by atoms with Crippen LogP contribution < -0.4 is 0 Å². The summed E-state index contributed by atoms with van der Waals surface area (Å²) in [7, 11) is -3.43. The van der Waals surface area contributed by atoms with Gasteiger partial charge >= 0.3 is 5.97 Å². The molecule has 0 aliphatic rings. The number of sulfone groups is 1. The molecule has 0 radical (unpaired) electrons. The molecule has 0 saturated heterocycles. The smallest absolute Gasteiger partial charge is 0.339 e. The number of carboxylic acid groups (broad SMARTS) is 1. The van der Waals surface area contributed by atoms with Gasteiger partial charge < -0.3 is 10.2 Å². The fourth-order valence-corrected chi connectivity index (χ4v) is 3.96. The highest BCUT2D eigenvalue weighted by Gasteiger charge is 2.16. The largest absolute Gasteiger partial charge is 0.507 e. The van der Waals surface area contributed by atoms with Crippen LogP contribution in [0, 0.1) is 0 Å². The summed E-state index contributed by atoms with van der Waals surface area (Å²) in [4.78, 5) is 10.8. The van der Waals surface area contributed by atoms with Gasteiger partial charge in [0, 0.05) is 4.47 Å². The van der Waals surface area contributed by atoms with Crippen LogP contribution in [0.3, 0.4) is 0 Å². The molecule has 0 spiro atoms. The van der Waals surface area contributed by atoms with Crippen LogP contribution in [0.1, 0.15) is 21.5 Å². The minimum Gasteiger partial charge on any atom is -0.507 e. The third-order valence-electron chi connectivity index (χ3n) is 2.95. The maximum absolute atomic E-state index is 12.2. The van der Waals surface area contributed by atoms with Crippen LogP contribution in [0.5, 0.6) is 5.75 Å². The first-order chi connectivity index (χ1) is 10.3. The zero-order valence-corrected chi connectivity index (χ0v) is 13.8. The Hall–Kier alpha value is -1.86. The van der Waals surface area contributed by atoms with Gasteiger partial charge in [-0.25, -0.2) is 13.2 Å². The van der Waals surface area contributed by atoms with E-state index in [1.165, 1.54) is 18.2 Å². The minimum absolute atomic E-state index is 0.131. The van der Waals surface area contributed by atoms with Gasteiger partial charge in [0.05, 0.1) is 11.5 Å². The van der Waals surface area contributed by atoms with Crippen molar-refractivity contribution in [1.29, 1.82) is 0 Å². The van der Waals surface area contributed by atoms with Crippen molar-refractivity contribution in [1.82, 2.24) is 0 Å². The van der Waals surface area contributed by atoms with E-state index in [1.807, 2.05) is 0 Å². The molecular formula is C15H13BrO5S. The molecule has 2 rings (SSSR count). The van der Waals surface area contributed by atoms with Crippen LogP contribution >= 0.6 is 15.9 Å². The maximum atomic E-state index is 12.2. The molecule has 0 bridgehead atoms. The Labute approximate surface area is 136 Å². The summed E-state index contributed by atoms with van der Waals surface area (Å²) >= 11 is 3.28. The Morgan fingerprint density at radius 2 is 1.68 bits per heavy atom. The number of hydrogen-bond donors (Lipinski definition) is 2. The van der Waals surface area contributed by atoms with Crippen molar-refractivity contribution in [2.24, 2.45) is 0 Å². The first-order valence-corrected chi connectivity index (χ1v) is 8.88. The Bertz CT molecular complexity index is 814. The first-order valence-electron chi connectivity index (χ1n) is 6.27. The fraction of sp³-hybridized carbons (Fsp3) is 0.133. The van der Waals surface area contributed by atoms with Crippen molar-refractivity contribution in [2.75, 3.05) is 0 Å². The van der Waals surface area contributed by atoms with Crippen LogP contribution in [-0.4, -0.2) is 24.6 Å². The van der Waals surface area contributed by atoms with E-state index in [0.29, 0.717) is 11.1 Å². The van der Waals surface area contributed by atoms with Crippen molar-refractivity contribution >= 4 is 31.7 Å². The molecular weight excluding hydrogens is 372 g/mol. The molecule has 0 aliphatic heterocycles. The number of carboxylic acids is 1. The Morgan fingerprint density at radius 3 is 2.23 bits per heavy atom. The number of rotatable bonds is 5. The van der Waals surface area contributed by atoms with E-state index in [9.17, 15) is 18.3 Å². The lowest BCUT2D eigenvalue weighted by Gasteiger charge is -2.07. The van der Waals surface area contributed by atoms with E-state index in [4.69, 9.17) is 5.11 Å². The third kappa shape index (κ3) is 4.32. The van der Waals surface area contributed by atoms with Gasteiger partial charge in [-0.2, -0.15) is 0 Å². The molecule has 0 saturated carbocycles. The number of phenols is 1. The molecule has 5 nitrogen and oxygen atoms in total. The second kappa shape index (κ2) is 6.50. The van der Waals surface area contributed by atoms with Crippen molar-refractivity contribution in [3.63, 3.8) is 0 Å². The highest BCUT2D eigenvalue weighted by Crippen LogP contribution is 2.22. The highest BCUT2D eigenvalue weighted by molar-refractivity contribution is 9.10. The van der Waals surface area contributed by atoms with Crippen LogP contribution in [0.25, 0.3) is 0 Å². The highest BCUT2D eigenvalue weighted by atomic mass is 79.9. The summed E-state index contributed by atoms with van der Waals surface area (Å²) < 4.78 is 25.2. The van der Waals surface area contributed by atoms with Gasteiger partial charge in [0.1, 0.15) is 11.3 Å². The Balaban J connectivity index is 2.18. The molecule has 7 heteroatoms. The molecule has 0 unspecified atom stereocenters. The maximum Gasteiger partial charge on any atom is 0.339 e. The SMILES string of the molecule is O=C(O)c1ccc(CS(=O)(=O)Cc2cccc(Br)c2)cc1O. The van der Waals surface area contributed by atoms with Gasteiger partial charge in [-0.3, -0.25) is 0 Å². The summed E-state index contributed by atoms with van der Waals surface area (Å²) in [5.74, 6) is -2.11. The average molecular weight is 385 g/mol. The fourth-order valence-electron chi connectivity index (χ4n) is 2.03. The molecule has 2 aromatic rings. The van der Waals surface area contributed by atoms with Gasteiger partial charge in [0.25, 0.3) is 0 Å². The summed E-state index contributed by atoms with van der Waals surface area (Å²) in [6.07, 6.45) is 0. The standard InChI is InChI=1S/C15H13BrO5S/c16-12-3-1-2-10(6-12)8-22(20,21)9-11-4-5-13(15(18)19)14(17)7-11/h1-7,17H,8-9H2,(H,18,19). The Morgan fingerprint density at radius 1 is 1.05 bits per heavy atom. The number of benzene rings is 2. The molecule has 0 fully saturated rings. The monoisotopic (exact) mass is 384 g/mol. The van der Waals surface area contributed by atoms with Gasteiger partial charge in [-0.1, -0.05) is 34.1 Å². The van der Waals surface area contributed by atoms with Crippen molar-refractivity contribution < 1.29 is 23.4 Å². The lowest BCUT2D eigenvalue weighted by molar-refractivity contribution is 0.0693. The van der Waals surface area contributed by atoms with Crippen molar-refractivity contribution in [2.45, 2.75) is 11.5 Å². The molecule has 2 N–H and O–H groups in total. The summed E-state index contributed by atoms with van der Waals surface area (Å²) in [5, 5.41) is 18.4. The molecule has 0 heterocycles. The van der Waals surface area contributed by atoms with Crippen molar-refractivity contribution in [3.8, 4) is 5.75 Å². The predicted molar refractivity (Wildman–Crippen MR) is 85.5 cm³/mol. The molecule has 0 aliphatic carbocycles. The van der Waals surface area contributed by atoms with E-state index in [-0.39, 0.29) is 17.1 Å². The van der Waals surface area contributed by atoms with Gasteiger partial charge in [-0.05, 0) is 35.4 Å². The lowest BCUT2D eigenvalue weighted by atomic mass is 10.1. The summed E-state index contributed by atoms with van der Waals surface area (Å²) in [6.45, 7) is 0. The third-order valence-corrected chi connectivity index (χ3v) is 4.99. The van der Waals surface area contributed by atoms with E-state index >= 15 is 0 Å². The lowest BCUT2D eigenvalue weighted by Crippen LogP contribution is -2.08. The van der Waals surface area contributed by atoms with Crippen LogP contribution in [-0.2, 0) is 21.3 Å². The van der Waals surface area contributed by atoms with Gasteiger partial charge in [-0.15, -0.1) is 0 Å². The zero-order chi connectivity index (χ0) is 16.3. The van der Waals surface area contributed by atoms with E-state index in [0.717, 1.165) is 4.47 Å². The molecule has 2 aromatic carbocycles. The summed E-state index contributed by atoms with van der Waals surface area (Å²) in [5.41, 5.74) is 0.742. The van der Waals surface area contributed by atoms with E-state index in [2.05, 4.69) is 15.9 Å². The number of aromatic carboxylic acids is 1. The van der Waals surface area contributed by atoms with Crippen LogP contribution in [0.2, 0.25) is 0 Å². The molecule has 0 amide bonds. The number of halogens is 1. The Kier molecular flexibility index (Phi) is 4.87. The second-order valence-electron chi connectivity index (χ2n) is 4.82. The average Bonchev–Trinajstić information content (AvgIpc) is 2.36. The number of aromatic hydroxyl groups is 1. The van der Waals surface area contributed by atoms with Gasteiger partial charge in [0.15, 0.2) is 9.84 Å². The minimum atomic E-state index is -3.43. The van der Waals surface area contributed by atoms with Crippen molar-refractivity contribution in [3.05, 3.63) is 63.6 Å². The van der Waals surface area contributed by atoms with Crippen LogP contribution in [0.15, 0.2) is 46.9 Å². The number of hydrogen-bond acceptors (Lipinski definition) is 4. The molecule has 0 atom stereocenters. The predicted octanol–water partition coefficient (Wildman–Crippen LogP) is 2.97. The van der Waals surface area contributed by atoms with E-state index in [1.54, 1.807) is 24.3 Å². The second-order valence-corrected chi connectivity index (χ2v) is 7.80. The molecule has 0 aromatic heterocycles. The van der Waals surface area contributed by atoms with Gasteiger partial charge in [0.2, 0.25) is 0 Å². The normalized spacial score (nSPS) is 11.3.